The minimum Gasteiger partial charge on any atom is -0.493 e. The van der Waals surface area contributed by atoms with Gasteiger partial charge in [0.2, 0.25) is 0 Å². The predicted molar refractivity (Wildman–Crippen MR) is 172 cm³/mol. The van der Waals surface area contributed by atoms with Crippen molar-refractivity contribution in [3.05, 3.63) is 88.5 Å². The Balaban J connectivity index is 1.26. The van der Waals surface area contributed by atoms with Gasteiger partial charge in [0.15, 0.2) is 11.5 Å². The van der Waals surface area contributed by atoms with Gasteiger partial charge in [0.1, 0.15) is 11.9 Å². The summed E-state index contributed by atoms with van der Waals surface area (Å²) in [4.78, 5) is 30.3. The summed E-state index contributed by atoms with van der Waals surface area (Å²) in [5.74, 6) is 7.63. The summed E-state index contributed by atoms with van der Waals surface area (Å²) < 4.78 is 18.7. The Morgan fingerprint density at radius 2 is 1.91 bits per heavy atom. The monoisotopic (exact) mass is 604 g/mol. The average Bonchev–Trinajstić information content (AvgIpc) is 3.38. The maximum Gasteiger partial charge on any atom is 0.308 e. The molecular formula is C38H40N2O5. The van der Waals surface area contributed by atoms with Crippen LogP contribution in [0.25, 0.3) is 0 Å². The highest BCUT2D eigenvalue weighted by Crippen LogP contribution is 2.65. The molecule has 2 aliphatic carbocycles. The van der Waals surface area contributed by atoms with Gasteiger partial charge in [-0.15, -0.1) is 0 Å². The van der Waals surface area contributed by atoms with Gasteiger partial charge in [0.05, 0.1) is 13.2 Å². The fraction of sp³-hybridized carbons (Fsp3) is 0.421. The summed E-state index contributed by atoms with van der Waals surface area (Å²) >= 11 is 0. The SMILES string of the molecule is COc1cc(OC(C)=O)c2c3c1O[C@H]1[C@H](N(C)C(=O)C#Cc4cccc(C)c4)CC[C@H]4[C@@H](C2)N(CCc2ccccc2)CC[C@@]341. The number of aryl methyl sites for hydroxylation is 1. The fourth-order valence-corrected chi connectivity index (χ4v) is 8.71. The van der Waals surface area contributed by atoms with E-state index in [-0.39, 0.29) is 35.5 Å². The number of rotatable bonds is 6. The van der Waals surface area contributed by atoms with Crippen molar-refractivity contribution < 1.29 is 23.8 Å². The van der Waals surface area contributed by atoms with Gasteiger partial charge in [0, 0.05) is 60.7 Å². The molecule has 4 aliphatic rings. The molecule has 5 atom stereocenters. The van der Waals surface area contributed by atoms with Crippen LogP contribution in [0.4, 0.5) is 0 Å². The first kappa shape index (κ1) is 29.4. The van der Waals surface area contributed by atoms with Gasteiger partial charge in [-0.05, 0) is 74.8 Å². The number of likely N-dealkylation sites (tertiary alicyclic amines) is 1. The van der Waals surface area contributed by atoms with E-state index in [9.17, 15) is 9.59 Å². The molecule has 45 heavy (non-hydrogen) atoms. The molecule has 2 fully saturated rings. The molecule has 7 heteroatoms. The third-order valence-electron chi connectivity index (χ3n) is 10.6. The van der Waals surface area contributed by atoms with Crippen molar-refractivity contribution in [1.29, 1.82) is 0 Å². The van der Waals surface area contributed by atoms with Crippen molar-refractivity contribution in [3.8, 4) is 29.1 Å². The average molecular weight is 605 g/mol. The van der Waals surface area contributed by atoms with E-state index in [1.807, 2.05) is 44.3 Å². The Labute approximate surface area is 265 Å². The molecular weight excluding hydrogens is 564 g/mol. The van der Waals surface area contributed by atoms with Gasteiger partial charge < -0.3 is 19.1 Å². The maximum atomic E-state index is 13.6. The molecule has 3 aromatic carbocycles. The van der Waals surface area contributed by atoms with Gasteiger partial charge in [-0.3, -0.25) is 14.5 Å². The highest BCUT2D eigenvalue weighted by Gasteiger charge is 2.67. The summed E-state index contributed by atoms with van der Waals surface area (Å²) in [6, 6.07) is 20.5. The number of hydrogen-bond donors (Lipinski definition) is 0. The molecule has 1 spiro atoms. The van der Waals surface area contributed by atoms with Gasteiger partial charge in [-0.1, -0.05) is 48.4 Å². The molecule has 1 saturated heterocycles. The molecule has 2 aliphatic heterocycles. The van der Waals surface area contributed by atoms with Crippen LogP contribution in [0.2, 0.25) is 0 Å². The maximum absolute atomic E-state index is 13.6. The molecule has 232 valence electrons. The largest absolute Gasteiger partial charge is 0.493 e. The molecule has 7 rings (SSSR count). The summed E-state index contributed by atoms with van der Waals surface area (Å²) in [6.45, 7) is 5.36. The van der Waals surface area contributed by atoms with Crippen LogP contribution in [0.3, 0.4) is 0 Å². The number of nitrogens with zero attached hydrogens (tertiary/aromatic N) is 2. The van der Waals surface area contributed by atoms with E-state index in [0.29, 0.717) is 17.4 Å². The zero-order valence-electron chi connectivity index (χ0n) is 26.5. The molecule has 1 saturated carbocycles. The summed E-state index contributed by atoms with van der Waals surface area (Å²) in [7, 11) is 3.49. The van der Waals surface area contributed by atoms with E-state index >= 15 is 0 Å². The molecule has 0 unspecified atom stereocenters. The zero-order chi connectivity index (χ0) is 31.3. The number of methoxy groups -OCH3 is 1. The second-order valence-corrected chi connectivity index (χ2v) is 13.0. The number of amides is 1. The first-order valence-corrected chi connectivity index (χ1v) is 16.0. The van der Waals surface area contributed by atoms with Crippen molar-refractivity contribution in [2.75, 3.05) is 27.2 Å². The third kappa shape index (κ3) is 4.96. The van der Waals surface area contributed by atoms with Crippen molar-refractivity contribution in [3.63, 3.8) is 0 Å². The van der Waals surface area contributed by atoms with Gasteiger partial charge in [-0.25, -0.2) is 0 Å². The van der Waals surface area contributed by atoms with Crippen LogP contribution in [0.5, 0.6) is 17.2 Å². The highest BCUT2D eigenvalue weighted by molar-refractivity contribution is 5.94. The second kappa shape index (κ2) is 11.6. The van der Waals surface area contributed by atoms with Crippen molar-refractivity contribution in [2.24, 2.45) is 5.92 Å². The number of carbonyl (C=O) groups excluding carboxylic acids is 2. The van der Waals surface area contributed by atoms with Crippen molar-refractivity contribution in [2.45, 2.75) is 69.6 Å². The molecule has 7 nitrogen and oxygen atoms in total. The van der Waals surface area contributed by atoms with Crippen molar-refractivity contribution >= 4 is 11.9 Å². The summed E-state index contributed by atoms with van der Waals surface area (Å²) in [6.07, 6.45) is 4.21. The molecule has 0 N–H and O–H groups in total. The van der Waals surface area contributed by atoms with E-state index < -0.39 is 0 Å². The first-order chi connectivity index (χ1) is 21.8. The summed E-state index contributed by atoms with van der Waals surface area (Å²) in [5, 5.41) is 0. The quantitative estimate of drug-likeness (QED) is 0.222. The van der Waals surface area contributed by atoms with Crippen LogP contribution < -0.4 is 14.2 Å². The second-order valence-electron chi connectivity index (χ2n) is 13.0. The Morgan fingerprint density at radius 3 is 2.67 bits per heavy atom. The molecule has 2 bridgehead atoms. The minimum atomic E-state index is -0.353. The molecule has 0 radical (unpaired) electrons. The van der Waals surface area contributed by atoms with E-state index in [0.717, 1.165) is 73.2 Å². The van der Waals surface area contributed by atoms with E-state index in [4.69, 9.17) is 14.2 Å². The number of ether oxygens (including phenoxy) is 3. The topological polar surface area (TPSA) is 68.3 Å². The van der Waals surface area contributed by atoms with E-state index in [2.05, 4.69) is 47.1 Å². The van der Waals surface area contributed by atoms with Crippen LogP contribution in [-0.2, 0) is 27.8 Å². The standard InChI is InChI=1S/C38H40N2O5/c1-24-9-8-12-27(21-24)13-16-34(42)39(3)30-15-14-29-31-22-28-32(44-25(2)41)23-33(43-4)36-35(28)38(29,37(30)45-36)18-20-40(31)19-17-26-10-6-5-7-11-26/h5-12,21,23,29-31,37H,14-15,17-20,22H2,1-4H3/t29-,30+,31+,37-,38-/m0/s1. The van der Waals surface area contributed by atoms with Crippen molar-refractivity contribution in [1.82, 2.24) is 9.80 Å². The Hall–Kier alpha value is -4.28. The van der Waals surface area contributed by atoms with E-state index in [1.165, 1.54) is 12.5 Å². The molecule has 1 amide bonds. The Bertz CT molecular complexity index is 1710. The predicted octanol–water partition coefficient (Wildman–Crippen LogP) is 5.09. The first-order valence-electron chi connectivity index (χ1n) is 16.0. The number of benzene rings is 3. The minimum absolute atomic E-state index is 0.155. The van der Waals surface area contributed by atoms with Crippen LogP contribution in [-0.4, -0.2) is 67.1 Å². The van der Waals surface area contributed by atoms with Gasteiger partial charge in [-0.2, -0.15) is 0 Å². The lowest BCUT2D eigenvalue weighted by Crippen LogP contribution is -2.69. The Morgan fingerprint density at radius 1 is 1.09 bits per heavy atom. The third-order valence-corrected chi connectivity index (χ3v) is 10.6. The van der Waals surface area contributed by atoms with Gasteiger partial charge in [0.25, 0.3) is 5.91 Å². The zero-order valence-corrected chi connectivity index (χ0v) is 26.5. The number of carbonyl (C=O) groups is 2. The fourth-order valence-electron chi connectivity index (χ4n) is 8.71. The number of esters is 1. The highest BCUT2D eigenvalue weighted by atomic mass is 16.5. The van der Waals surface area contributed by atoms with Crippen LogP contribution in [0.1, 0.15) is 54.0 Å². The molecule has 2 heterocycles. The lowest BCUT2D eigenvalue weighted by atomic mass is 9.50. The lowest BCUT2D eigenvalue weighted by molar-refractivity contribution is -0.135. The molecule has 0 aromatic heterocycles. The Kier molecular flexibility index (Phi) is 7.57. The van der Waals surface area contributed by atoms with Gasteiger partial charge >= 0.3 is 5.97 Å². The van der Waals surface area contributed by atoms with Crippen LogP contribution in [0, 0.1) is 24.7 Å². The lowest BCUT2D eigenvalue weighted by Gasteiger charge is -2.60. The van der Waals surface area contributed by atoms with Crippen LogP contribution >= 0.6 is 0 Å². The molecule has 3 aromatic rings. The normalized spacial score (nSPS) is 25.7. The number of likely N-dealkylation sites (N-methyl/N-ethyl adjacent to an activating group) is 1. The number of piperidine rings is 1. The summed E-state index contributed by atoms with van der Waals surface area (Å²) in [5.41, 5.74) is 5.12. The van der Waals surface area contributed by atoms with Crippen LogP contribution in [0.15, 0.2) is 60.7 Å². The van der Waals surface area contributed by atoms with E-state index in [1.54, 1.807) is 12.0 Å². The number of hydrogen-bond acceptors (Lipinski definition) is 6. The smallest absolute Gasteiger partial charge is 0.308 e.